The van der Waals surface area contributed by atoms with E-state index < -0.39 is 0 Å². The highest BCUT2D eigenvalue weighted by Gasteiger charge is 2.17. The molecule has 0 spiro atoms. The minimum absolute atomic E-state index is 0.126. The van der Waals surface area contributed by atoms with Crippen LogP contribution in [0.4, 0.5) is 10.9 Å². The topological polar surface area (TPSA) is 100 Å². The molecule has 1 aromatic rings. The van der Waals surface area contributed by atoms with Crippen LogP contribution in [0.15, 0.2) is 0 Å². The molecule has 1 aromatic heterocycles. The molecule has 0 bridgehead atoms. The van der Waals surface area contributed by atoms with Gasteiger partial charge < -0.3 is 21.3 Å². The number of rotatable bonds is 6. The lowest BCUT2D eigenvalue weighted by Gasteiger charge is -2.10. The Bertz CT molecular complexity index is 460. The first-order chi connectivity index (χ1) is 8.95. The van der Waals surface area contributed by atoms with E-state index in [1.807, 2.05) is 18.9 Å². The van der Waals surface area contributed by atoms with Crippen molar-refractivity contribution in [3.63, 3.8) is 0 Å². The largest absolute Gasteiger partial charge is 0.382 e. The zero-order valence-corrected chi connectivity index (χ0v) is 12.1. The fraction of sp³-hybridized carbons (Fsp3) is 0.545. The minimum Gasteiger partial charge on any atom is -0.382 e. The van der Waals surface area contributed by atoms with E-state index in [1.165, 1.54) is 18.3 Å². The number of nitrogen functional groups attached to an aromatic ring is 1. The number of anilines is 2. The Morgan fingerprint density at radius 3 is 2.58 bits per heavy atom. The molecule has 0 saturated carbocycles. The average Bonchev–Trinajstić information content (AvgIpc) is 2.75. The molecule has 0 unspecified atom stereocenters. The third kappa shape index (κ3) is 4.40. The van der Waals surface area contributed by atoms with E-state index in [0.29, 0.717) is 23.1 Å². The molecule has 0 aliphatic carbocycles. The molecular weight excluding hydrogens is 266 g/mol. The second-order valence-electron chi connectivity index (χ2n) is 3.96. The molecule has 19 heavy (non-hydrogen) atoms. The Hall–Kier alpha value is -1.83. The van der Waals surface area contributed by atoms with Crippen LogP contribution in [-0.4, -0.2) is 43.5 Å². The van der Waals surface area contributed by atoms with E-state index in [9.17, 15) is 9.59 Å². The van der Waals surface area contributed by atoms with Gasteiger partial charge in [-0.25, -0.2) is 4.98 Å². The summed E-state index contributed by atoms with van der Waals surface area (Å²) in [6.45, 7) is 4.95. The summed E-state index contributed by atoms with van der Waals surface area (Å²) >= 11 is 1.26. The predicted octanol–water partition coefficient (Wildman–Crippen LogP) is 0.0473. The van der Waals surface area contributed by atoms with Gasteiger partial charge in [0.2, 0.25) is 5.91 Å². The van der Waals surface area contributed by atoms with Gasteiger partial charge in [-0.1, -0.05) is 11.3 Å². The van der Waals surface area contributed by atoms with Crippen LogP contribution >= 0.6 is 11.3 Å². The third-order valence-corrected chi connectivity index (χ3v) is 3.62. The normalized spacial score (nSPS) is 10.1. The van der Waals surface area contributed by atoms with Gasteiger partial charge in [0.15, 0.2) is 5.13 Å². The monoisotopic (exact) mass is 285 g/mol. The van der Waals surface area contributed by atoms with Crippen LogP contribution in [0.1, 0.15) is 23.5 Å². The summed E-state index contributed by atoms with van der Waals surface area (Å²) in [4.78, 5) is 29.0. The second kappa shape index (κ2) is 6.93. The summed E-state index contributed by atoms with van der Waals surface area (Å²) < 4.78 is 0. The molecule has 2 amide bonds. The lowest BCUT2D eigenvalue weighted by molar-refractivity contribution is -0.118. The van der Waals surface area contributed by atoms with Crippen molar-refractivity contribution in [3.05, 3.63) is 4.88 Å². The lowest BCUT2D eigenvalue weighted by Crippen LogP contribution is -2.33. The van der Waals surface area contributed by atoms with Crippen molar-refractivity contribution in [2.75, 3.05) is 37.3 Å². The zero-order valence-electron chi connectivity index (χ0n) is 11.3. The Morgan fingerprint density at radius 2 is 2.00 bits per heavy atom. The molecular formula is C11H19N5O2S. The fourth-order valence-electron chi connectivity index (χ4n) is 1.28. The van der Waals surface area contributed by atoms with E-state index in [0.717, 1.165) is 6.54 Å². The van der Waals surface area contributed by atoms with Crippen LogP contribution in [0.25, 0.3) is 0 Å². The Labute approximate surface area is 116 Å². The molecule has 0 aromatic carbocycles. The molecule has 8 heteroatoms. The third-order valence-electron chi connectivity index (χ3n) is 2.43. The molecule has 1 heterocycles. The van der Waals surface area contributed by atoms with Gasteiger partial charge in [-0.15, -0.1) is 0 Å². The van der Waals surface area contributed by atoms with Crippen molar-refractivity contribution in [2.24, 2.45) is 0 Å². The number of nitrogens with two attached hydrogens (primary N) is 1. The van der Waals surface area contributed by atoms with Crippen LogP contribution in [0.2, 0.25) is 0 Å². The summed E-state index contributed by atoms with van der Waals surface area (Å²) in [5.74, 6) is -0.160. The molecule has 0 radical (unpaired) electrons. The number of carbonyl (C=O) groups is 2. The van der Waals surface area contributed by atoms with Gasteiger partial charge >= 0.3 is 0 Å². The van der Waals surface area contributed by atoms with Crippen LogP contribution in [-0.2, 0) is 4.79 Å². The standard InChI is InChI=1S/C11H19N5O2S/c1-4-16(3)11-15-9(12)8(19-11)10(18)14-6-5-13-7(2)17/h4-6,12H2,1-3H3,(H,13,17)(H,14,18). The molecule has 4 N–H and O–H groups in total. The first kappa shape index (κ1) is 15.2. The van der Waals surface area contributed by atoms with E-state index in [1.54, 1.807) is 0 Å². The van der Waals surface area contributed by atoms with Crippen molar-refractivity contribution >= 4 is 34.1 Å². The van der Waals surface area contributed by atoms with E-state index in [2.05, 4.69) is 15.6 Å². The number of aromatic nitrogens is 1. The Balaban J connectivity index is 2.57. The molecule has 7 nitrogen and oxygen atoms in total. The highest BCUT2D eigenvalue weighted by Crippen LogP contribution is 2.26. The first-order valence-electron chi connectivity index (χ1n) is 5.95. The number of carbonyl (C=O) groups excluding carboxylic acids is 2. The zero-order chi connectivity index (χ0) is 14.4. The van der Waals surface area contributed by atoms with Crippen LogP contribution in [0, 0.1) is 0 Å². The van der Waals surface area contributed by atoms with Gasteiger partial charge in [-0.05, 0) is 6.92 Å². The number of nitrogens with one attached hydrogen (secondary N) is 2. The van der Waals surface area contributed by atoms with Gasteiger partial charge in [0.1, 0.15) is 10.7 Å². The van der Waals surface area contributed by atoms with Crippen LogP contribution < -0.4 is 21.3 Å². The van der Waals surface area contributed by atoms with Gasteiger partial charge in [0.25, 0.3) is 5.91 Å². The van der Waals surface area contributed by atoms with Crippen molar-refractivity contribution < 1.29 is 9.59 Å². The number of thiazole rings is 1. The van der Waals surface area contributed by atoms with Crippen LogP contribution in [0.3, 0.4) is 0 Å². The molecule has 0 aliphatic rings. The van der Waals surface area contributed by atoms with Gasteiger partial charge in [0, 0.05) is 33.6 Å². The number of hydrogen-bond acceptors (Lipinski definition) is 6. The second-order valence-corrected chi connectivity index (χ2v) is 4.94. The van der Waals surface area contributed by atoms with Gasteiger partial charge in [-0.3, -0.25) is 9.59 Å². The van der Waals surface area contributed by atoms with Gasteiger partial charge in [-0.2, -0.15) is 0 Å². The maximum absolute atomic E-state index is 11.9. The minimum atomic E-state index is -0.267. The first-order valence-corrected chi connectivity index (χ1v) is 6.77. The van der Waals surface area contributed by atoms with Crippen molar-refractivity contribution in [2.45, 2.75) is 13.8 Å². The summed E-state index contributed by atoms with van der Waals surface area (Å²) in [5, 5.41) is 5.99. The van der Waals surface area contributed by atoms with Crippen LogP contribution in [0.5, 0.6) is 0 Å². The molecule has 0 atom stereocenters. The SMILES string of the molecule is CCN(C)c1nc(N)c(C(=O)NCCNC(C)=O)s1. The Kier molecular flexibility index (Phi) is 5.56. The number of amides is 2. The number of nitrogens with zero attached hydrogens (tertiary/aromatic N) is 2. The maximum Gasteiger partial charge on any atom is 0.265 e. The Morgan fingerprint density at radius 1 is 1.37 bits per heavy atom. The fourth-order valence-corrected chi connectivity index (χ4v) is 2.20. The molecule has 106 valence electrons. The molecule has 0 fully saturated rings. The van der Waals surface area contributed by atoms with E-state index >= 15 is 0 Å². The highest BCUT2D eigenvalue weighted by atomic mass is 32.1. The summed E-state index contributed by atoms with van der Waals surface area (Å²) in [6.07, 6.45) is 0. The smallest absolute Gasteiger partial charge is 0.265 e. The molecule has 0 aliphatic heterocycles. The quantitative estimate of drug-likeness (QED) is 0.641. The molecule has 1 rings (SSSR count). The van der Waals surface area contributed by atoms with Crippen molar-refractivity contribution in [3.8, 4) is 0 Å². The van der Waals surface area contributed by atoms with Gasteiger partial charge in [0.05, 0.1) is 0 Å². The maximum atomic E-state index is 11.9. The lowest BCUT2D eigenvalue weighted by atomic mass is 10.4. The van der Waals surface area contributed by atoms with Crippen molar-refractivity contribution in [1.29, 1.82) is 0 Å². The van der Waals surface area contributed by atoms with E-state index in [-0.39, 0.29) is 17.6 Å². The number of hydrogen-bond donors (Lipinski definition) is 3. The molecule has 0 saturated heterocycles. The summed E-state index contributed by atoms with van der Waals surface area (Å²) in [5.41, 5.74) is 5.73. The summed E-state index contributed by atoms with van der Waals surface area (Å²) in [6, 6.07) is 0. The van der Waals surface area contributed by atoms with Crippen molar-refractivity contribution in [1.82, 2.24) is 15.6 Å². The predicted molar refractivity (Wildman–Crippen MR) is 76.5 cm³/mol. The summed E-state index contributed by atoms with van der Waals surface area (Å²) in [7, 11) is 1.89. The highest BCUT2D eigenvalue weighted by molar-refractivity contribution is 7.18. The average molecular weight is 285 g/mol. The van der Waals surface area contributed by atoms with E-state index in [4.69, 9.17) is 5.73 Å².